The topological polar surface area (TPSA) is 81.4 Å². The maximum atomic E-state index is 12.3. The Morgan fingerprint density at radius 1 is 1.10 bits per heavy atom. The number of aromatic nitrogens is 2. The van der Waals surface area contributed by atoms with Crippen molar-refractivity contribution in [3.63, 3.8) is 0 Å². The number of nitrogens with zero attached hydrogens (tertiary/aromatic N) is 2. The highest BCUT2D eigenvalue weighted by Crippen LogP contribution is 2.45. The maximum Gasteiger partial charge on any atom is 0.341 e. The molecule has 2 aromatic heterocycles. The molecule has 5 rings (SSSR count). The van der Waals surface area contributed by atoms with Crippen LogP contribution in [0, 0.1) is 5.92 Å². The lowest BCUT2D eigenvalue weighted by Gasteiger charge is -2.25. The van der Waals surface area contributed by atoms with Crippen LogP contribution in [0.1, 0.15) is 42.3 Å². The summed E-state index contributed by atoms with van der Waals surface area (Å²) >= 11 is 0. The standard InChI is InChI=1S/C21H16N2O4.C4H10/c24-19-10-18-16-9-15(12-1-5-22-6-2-12)20-14(4-8-27-20)13(16)3-7-23(18)11-17(19)21(25)26;1-4(2)3/h1-2,5-6,9-11H,3-4,7-8H2,(H,25,26);4H,1-3H3. The highest BCUT2D eigenvalue weighted by Gasteiger charge is 2.28. The second kappa shape index (κ2) is 8.38. The maximum absolute atomic E-state index is 12.3. The van der Waals surface area contributed by atoms with Gasteiger partial charge in [0.25, 0.3) is 0 Å². The van der Waals surface area contributed by atoms with Crippen LogP contribution in [0.5, 0.6) is 5.75 Å². The molecule has 6 nitrogen and oxygen atoms in total. The quantitative estimate of drug-likeness (QED) is 0.666. The average molecular weight is 418 g/mol. The number of carbonyl (C=O) groups is 1. The van der Waals surface area contributed by atoms with E-state index in [-0.39, 0.29) is 5.56 Å². The first-order valence-electron chi connectivity index (χ1n) is 10.6. The van der Waals surface area contributed by atoms with Crippen molar-refractivity contribution in [2.24, 2.45) is 5.92 Å². The fourth-order valence-electron chi connectivity index (χ4n) is 4.09. The molecule has 1 N–H and O–H groups in total. The van der Waals surface area contributed by atoms with Gasteiger partial charge in [0.2, 0.25) is 0 Å². The number of aromatic carboxylic acids is 1. The third-order valence-corrected chi connectivity index (χ3v) is 5.32. The average Bonchev–Trinajstić information content (AvgIpc) is 3.22. The first-order valence-corrected chi connectivity index (χ1v) is 10.6. The molecule has 0 saturated heterocycles. The Morgan fingerprint density at radius 2 is 1.81 bits per heavy atom. The van der Waals surface area contributed by atoms with Crippen molar-refractivity contribution < 1.29 is 14.6 Å². The summed E-state index contributed by atoms with van der Waals surface area (Å²) in [6.07, 6.45) is 6.57. The summed E-state index contributed by atoms with van der Waals surface area (Å²) in [6, 6.07) is 7.37. The molecule has 0 saturated carbocycles. The van der Waals surface area contributed by atoms with Crippen LogP contribution in [-0.2, 0) is 19.4 Å². The smallest absolute Gasteiger partial charge is 0.341 e. The summed E-state index contributed by atoms with van der Waals surface area (Å²) in [5.41, 5.74) is 5.45. The van der Waals surface area contributed by atoms with Gasteiger partial charge >= 0.3 is 5.97 Å². The van der Waals surface area contributed by atoms with Crippen LogP contribution < -0.4 is 10.2 Å². The number of hydrogen-bond acceptors (Lipinski definition) is 4. The second-order valence-corrected chi connectivity index (χ2v) is 8.51. The molecule has 0 amide bonds. The molecule has 2 aliphatic heterocycles. The van der Waals surface area contributed by atoms with E-state index in [4.69, 9.17) is 4.74 Å². The van der Waals surface area contributed by atoms with Crippen LogP contribution in [0.25, 0.3) is 22.4 Å². The van der Waals surface area contributed by atoms with Crippen LogP contribution in [0.2, 0.25) is 0 Å². The van der Waals surface area contributed by atoms with Gasteiger partial charge in [0.1, 0.15) is 11.3 Å². The number of aryl methyl sites for hydroxylation is 1. The molecule has 2 aliphatic rings. The molecule has 0 bridgehead atoms. The van der Waals surface area contributed by atoms with Crippen molar-refractivity contribution >= 4 is 5.97 Å². The van der Waals surface area contributed by atoms with E-state index < -0.39 is 11.4 Å². The third kappa shape index (κ3) is 3.98. The van der Waals surface area contributed by atoms with E-state index in [0.717, 1.165) is 46.9 Å². The van der Waals surface area contributed by atoms with Crippen molar-refractivity contribution in [2.75, 3.05) is 6.61 Å². The Bertz CT molecular complexity index is 1190. The van der Waals surface area contributed by atoms with Gasteiger partial charge in [0.05, 0.1) is 12.3 Å². The van der Waals surface area contributed by atoms with Gasteiger partial charge in [-0.3, -0.25) is 9.78 Å². The highest BCUT2D eigenvalue weighted by atomic mass is 16.5. The molecule has 0 radical (unpaired) electrons. The fourth-order valence-corrected chi connectivity index (χ4v) is 4.09. The van der Waals surface area contributed by atoms with Crippen molar-refractivity contribution in [2.45, 2.75) is 40.2 Å². The summed E-state index contributed by atoms with van der Waals surface area (Å²) in [4.78, 5) is 27.7. The molecule has 0 unspecified atom stereocenters. The van der Waals surface area contributed by atoms with Crippen LogP contribution in [0.3, 0.4) is 0 Å². The molecular formula is C25H26N2O4. The van der Waals surface area contributed by atoms with E-state index in [9.17, 15) is 14.7 Å². The number of carboxylic acids is 1. The van der Waals surface area contributed by atoms with E-state index in [1.807, 2.05) is 16.7 Å². The normalized spacial score (nSPS) is 13.4. The molecule has 0 atom stereocenters. The molecule has 0 aliphatic carbocycles. The van der Waals surface area contributed by atoms with E-state index in [0.29, 0.717) is 13.2 Å². The largest absolute Gasteiger partial charge is 0.492 e. The van der Waals surface area contributed by atoms with Gasteiger partial charge in [-0.15, -0.1) is 0 Å². The van der Waals surface area contributed by atoms with E-state index in [1.165, 1.54) is 23.4 Å². The SMILES string of the molecule is CC(C)C.O=C(O)c1cn2c(cc1=O)-c1cc(-c3ccncc3)c3c(c1CC2)CCO3. The van der Waals surface area contributed by atoms with Crippen LogP contribution in [-0.4, -0.2) is 27.2 Å². The van der Waals surface area contributed by atoms with Gasteiger partial charge in [-0.1, -0.05) is 20.8 Å². The minimum atomic E-state index is -1.19. The molecule has 4 heterocycles. The van der Waals surface area contributed by atoms with E-state index >= 15 is 0 Å². The predicted molar refractivity (Wildman–Crippen MR) is 120 cm³/mol. The zero-order valence-electron chi connectivity index (χ0n) is 18.0. The summed E-state index contributed by atoms with van der Waals surface area (Å²) in [7, 11) is 0. The Balaban J connectivity index is 0.000000535. The molecule has 160 valence electrons. The molecule has 31 heavy (non-hydrogen) atoms. The summed E-state index contributed by atoms with van der Waals surface area (Å²) in [5, 5.41) is 9.25. The van der Waals surface area contributed by atoms with Crippen molar-refractivity contribution in [3.8, 4) is 28.1 Å². The summed E-state index contributed by atoms with van der Waals surface area (Å²) < 4.78 is 7.81. The van der Waals surface area contributed by atoms with Crippen molar-refractivity contribution in [1.29, 1.82) is 0 Å². The lowest BCUT2D eigenvalue weighted by Crippen LogP contribution is -2.22. The Kier molecular flexibility index (Phi) is 5.63. The highest BCUT2D eigenvalue weighted by molar-refractivity contribution is 5.88. The lowest BCUT2D eigenvalue weighted by molar-refractivity contribution is 0.0694. The minimum absolute atomic E-state index is 0.193. The second-order valence-electron chi connectivity index (χ2n) is 8.51. The molecular weight excluding hydrogens is 392 g/mol. The molecule has 1 aromatic carbocycles. The van der Waals surface area contributed by atoms with E-state index in [2.05, 4.69) is 31.8 Å². The number of carboxylic acid groups (broad SMARTS) is 1. The number of hydrogen-bond donors (Lipinski definition) is 1. The summed E-state index contributed by atoms with van der Waals surface area (Å²) in [6.45, 7) is 7.79. The van der Waals surface area contributed by atoms with Crippen molar-refractivity contribution in [1.82, 2.24) is 9.55 Å². The van der Waals surface area contributed by atoms with Gasteiger partial charge in [-0.2, -0.15) is 0 Å². The zero-order valence-corrected chi connectivity index (χ0v) is 18.0. The molecule has 6 heteroatoms. The predicted octanol–water partition coefficient (Wildman–Crippen LogP) is 4.43. The molecule has 3 aromatic rings. The Labute approximate surface area is 181 Å². The van der Waals surface area contributed by atoms with Gasteiger partial charge in [-0.05, 0) is 41.7 Å². The Morgan fingerprint density at radius 3 is 2.48 bits per heavy atom. The van der Waals surface area contributed by atoms with Gasteiger partial charge in [-0.25, -0.2) is 4.79 Å². The van der Waals surface area contributed by atoms with E-state index in [1.54, 1.807) is 12.4 Å². The summed E-state index contributed by atoms with van der Waals surface area (Å²) in [5.74, 6) is 0.554. The number of benzene rings is 1. The van der Waals surface area contributed by atoms with Crippen molar-refractivity contribution in [3.05, 3.63) is 69.8 Å². The third-order valence-electron chi connectivity index (χ3n) is 5.32. The number of fused-ring (bicyclic) bond motifs is 5. The van der Waals surface area contributed by atoms with Crippen LogP contribution >= 0.6 is 0 Å². The number of ether oxygens (including phenoxy) is 1. The number of pyridine rings is 2. The zero-order chi connectivity index (χ0) is 22.1. The Hall–Kier alpha value is -3.41. The first kappa shape index (κ1) is 20.8. The van der Waals surface area contributed by atoms with Crippen LogP contribution in [0.15, 0.2) is 47.7 Å². The van der Waals surface area contributed by atoms with Gasteiger partial charge in [0, 0.05) is 54.3 Å². The number of rotatable bonds is 2. The van der Waals surface area contributed by atoms with Gasteiger partial charge < -0.3 is 14.4 Å². The molecule has 0 fully saturated rings. The van der Waals surface area contributed by atoms with Crippen LogP contribution in [0.4, 0.5) is 0 Å². The van der Waals surface area contributed by atoms with Gasteiger partial charge in [0.15, 0.2) is 5.43 Å². The first-order chi connectivity index (χ1) is 14.9. The monoisotopic (exact) mass is 418 g/mol. The lowest BCUT2D eigenvalue weighted by atomic mass is 9.87. The minimum Gasteiger partial charge on any atom is -0.492 e. The molecule has 0 spiro atoms. The fraction of sp³-hybridized carbons (Fsp3) is 0.320.